The summed E-state index contributed by atoms with van der Waals surface area (Å²) in [5.74, 6) is 1.26. The van der Waals surface area contributed by atoms with Gasteiger partial charge in [0.15, 0.2) is 0 Å². The number of hydrogen-bond donors (Lipinski definition) is 1. The Labute approximate surface area is 182 Å². The highest BCUT2D eigenvalue weighted by Gasteiger charge is 2.34. The molecule has 31 heavy (non-hydrogen) atoms. The molecular weight excluding hydrogens is 418 g/mol. The summed E-state index contributed by atoms with van der Waals surface area (Å²) in [6, 6.07) is 12.1. The lowest BCUT2D eigenvalue weighted by molar-refractivity contribution is -0.133. The van der Waals surface area contributed by atoms with E-state index in [4.69, 9.17) is 9.47 Å². The highest BCUT2D eigenvalue weighted by molar-refractivity contribution is 7.92. The second kappa shape index (κ2) is 9.38. The first kappa shape index (κ1) is 22.6. The number of carbonyl (C=O) groups is 1. The molecule has 1 amide bonds. The largest absolute Gasteiger partial charge is 0.497 e. The lowest BCUT2D eigenvalue weighted by atomic mass is 9.97. The van der Waals surface area contributed by atoms with Crippen LogP contribution in [-0.2, 0) is 14.8 Å². The fraction of sp³-hybridized carbons (Fsp3) is 0.364. The summed E-state index contributed by atoms with van der Waals surface area (Å²) in [5, 5.41) is 6.16. The summed E-state index contributed by atoms with van der Waals surface area (Å²) in [4.78, 5) is 12.8. The molecule has 9 heteroatoms. The Morgan fingerprint density at radius 1 is 1.16 bits per heavy atom. The van der Waals surface area contributed by atoms with Crippen LogP contribution in [0.4, 0.5) is 5.69 Å². The summed E-state index contributed by atoms with van der Waals surface area (Å²) >= 11 is 0. The number of nitrogens with one attached hydrogen (secondary N) is 1. The number of nitrogens with zero attached hydrogens (tertiary/aromatic N) is 2. The van der Waals surface area contributed by atoms with Gasteiger partial charge in [-0.15, -0.1) is 0 Å². The van der Waals surface area contributed by atoms with E-state index in [1.807, 2.05) is 25.1 Å². The third-order valence-corrected chi connectivity index (χ3v) is 5.55. The summed E-state index contributed by atoms with van der Waals surface area (Å²) in [5.41, 5.74) is 2.85. The quantitative estimate of drug-likeness (QED) is 0.670. The van der Waals surface area contributed by atoms with Crippen molar-refractivity contribution in [2.24, 2.45) is 5.10 Å². The van der Waals surface area contributed by atoms with Crippen molar-refractivity contribution in [3.8, 4) is 11.5 Å². The van der Waals surface area contributed by atoms with Crippen LogP contribution in [0.3, 0.4) is 0 Å². The van der Waals surface area contributed by atoms with Gasteiger partial charge in [-0.3, -0.25) is 9.52 Å². The van der Waals surface area contributed by atoms with Gasteiger partial charge in [0, 0.05) is 24.1 Å². The monoisotopic (exact) mass is 445 g/mol. The maximum atomic E-state index is 12.8. The molecule has 0 spiro atoms. The van der Waals surface area contributed by atoms with Crippen molar-refractivity contribution in [2.45, 2.75) is 32.2 Å². The van der Waals surface area contributed by atoms with E-state index in [0.29, 0.717) is 36.4 Å². The summed E-state index contributed by atoms with van der Waals surface area (Å²) in [6.45, 7) is 1.95. The molecule has 0 fully saturated rings. The van der Waals surface area contributed by atoms with Crippen LogP contribution in [0, 0.1) is 0 Å². The van der Waals surface area contributed by atoms with Gasteiger partial charge in [0.05, 0.1) is 32.2 Å². The van der Waals surface area contributed by atoms with Crippen molar-refractivity contribution in [1.29, 1.82) is 0 Å². The molecule has 0 aromatic heterocycles. The van der Waals surface area contributed by atoms with Crippen molar-refractivity contribution in [1.82, 2.24) is 5.01 Å². The Bertz CT molecular complexity index is 1080. The fourth-order valence-electron chi connectivity index (χ4n) is 3.53. The van der Waals surface area contributed by atoms with Crippen LogP contribution in [0.1, 0.15) is 43.4 Å². The van der Waals surface area contributed by atoms with Gasteiger partial charge >= 0.3 is 0 Å². The minimum Gasteiger partial charge on any atom is -0.497 e. The van der Waals surface area contributed by atoms with E-state index in [1.165, 1.54) is 5.01 Å². The number of rotatable bonds is 8. The third kappa shape index (κ3) is 5.35. The molecule has 166 valence electrons. The van der Waals surface area contributed by atoms with Crippen LogP contribution in [0.25, 0.3) is 0 Å². The molecule has 2 aromatic rings. The van der Waals surface area contributed by atoms with Gasteiger partial charge in [-0.05, 0) is 42.3 Å². The maximum absolute atomic E-state index is 12.8. The molecule has 0 saturated heterocycles. The van der Waals surface area contributed by atoms with Crippen molar-refractivity contribution < 1.29 is 22.7 Å². The molecule has 1 aliphatic heterocycles. The fourth-order valence-corrected chi connectivity index (χ4v) is 4.09. The zero-order valence-corrected chi connectivity index (χ0v) is 18.9. The van der Waals surface area contributed by atoms with Gasteiger partial charge in [-0.2, -0.15) is 5.10 Å². The van der Waals surface area contributed by atoms with E-state index in [-0.39, 0.29) is 11.9 Å². The molecule has 1 aliphatic rings. The zero-order chi connectivity index (χ0) is 22.6. The van der Waals surface area contributed by atoms with E-state index in [9.17, 15) is 13.2 Å². The number of ether oxygens (including phenoxy) is 2. The van der Waals surface area contributed by atoms with Crippen LogP contribution >= 0.6 is 0 Å². The summed E-state index contributed by atoms with van der Waals surface area (Å²) < 4.78 is 36.2. The highest BCUT2D eigenvalue weighted by atomic mass is 32.2. The molecule has 2 aromatic carbocycles. The number of sulfonamides is 1. The van der Waals surface area contributed by atoms with E-state index >= 15 is 0 Å². The molecular formula is C22H27N3O5S. The highest BCUT2D eigenvalue weighted by Crippen LogP contribution is 2.39. The predicted molar refractivity (Wildman–Crippen MR) is 120 cm³/mol. The Morgan fingerprint density at radius 3 is 2.45 bits per heavy atom. The standard InChI is InChI=1S/C22H27N3O5S/c1-5-6-22(26)25-20(18-13-17(29-2)11-12-21(18)30-3)14-19(23-25)15-7-9-16(10-8-15)24-31(4,27)28/h7-13,20,24H,5-6,14H2,1-4H3. The summed E-state index contributed by atoms with van der Waals surface area (Å²) in [7, 11) is -0.171. The van der Waals surface area contributed by atoms with Crippen molar-refractivity contribution in [3.63, 3.8) is 0 Å². The topological polar surface area (TPSA) is 97.3 Å². The van der Waals surface area contributed by atoms with Crippen molar-refractivity contribution >= 4 is 27.3 Å². The second-order valence-electron chi connectivity index (χ2n) is 7.31. The molecule has 0 bridgehead atoms. The van der Waals surface area contributed by atoms with E-state index < -0.39 is 10.0 Å². The molecule has 1 unspecified atom stereocenters. The smallest absolute Gasteiger partial charge is 0.243 e. The zero-order valence-electron chi connectivity index (χ0n) is 18.1. The predicted octanol–water partition coefficient (Wildman–Crippen LogP) is 3.55. The molecule has 0 aliphatic carbocycles. The molecule has 1 atom stereocenters. The maximum Gasteiger partial charge on any atom is 0.243 e. The molecule has 8 nitrogen and oxygen atoms in total. The second-order valence-corrected chi connectivity index (χ2v) is 9.06. The van der Waals surface area contributed by atoms with E-state index in [1.54, 1.807) is 38.5 Å². The minimum absolute atomic E-state index is 0.0669. The van der Waals surface area contributed by atoms with Crippen LogP contribution in [0.5, 0.6) is 11.5 Å². The first-order valence-electron chi connectivity index (χ1n) is 9.95. The Hall–Kier alpha value is -3.07. The van der Waals surface area contributed by atoms with Gasteiger partial charge < -0.3 is 9.47 Å². The lowest BCUT2D eigenvalue weighted by Crippen LogP contribution is -2.27. The number of amides is 1. The van der Waals surface area contributed by atoms with Gasteiger partial charge in [0.2, 0.25) is 15.9 Å². The average molecular weight is 446 g/mol. The Balaban J connectivity index is 1.96. The normalized spacial score (nSPS) is 16.1. The van der Waals surface area contributed by atoms with Gasteiger partial charge in [0.1, 0.15) is 11.5 Å². The first-order valence-corrected chi connectivity index (χ1v) is 11.8. The number of anilines is 1. The van der Waals surface area contributed by atoms with Gasteiger partial charge in [0.25, 0.3) is 0 Å². The third-order valence-electron chi connectivity index (χ3n) is 4.95. The van der Waals surface area contributed by atoms with E-state index in [0.717, 1.165) is 23.1 Å². The minimum atomic E-state index is -3.35. The number of methoxy groups -OCH3 is 2. The number of hydrogen-bond acceptors (Lipinski definition) is 6. The van der Waals surface area contributed by atoms with Crippen LogP contribution < -0.4 is 14.2 Å². The van der Waals surface area contributed by atoms with Crippen molar-refractivity contribution in [2.75, 3.05) is 25.2 Å². The Kier molecular flexibility index (Phi) is 6.84. The van der Waals surface area contributed by atoms with Gasteiger partial charge in [-0.25, -0.2) is 13.4 Å². The summed E-state index contributed by atoms with van der Waals surface area (Å²) in [6.07, 6.45) is 2.70. The molecule has 0 saturated carbocycles. The van der Waals surface area contributed by atoms with Crippen molar-refractivity contribution in [3.05, 3.63) is 53.6 Å². The molecule has 3 rings (SSSR count). The number of benzene rings is 2. The number of hydrazone groups is 1. The number of carbonyl (C=O) groups excluding carboxylic acids is 1. The van der Waals surface area contributed by atoms with Crippen LogP contribution in [-0.4, -0.2) is 45.5 Å². The molecule has 1 heterocycles. The molecule has 0 radical (unpaired) electrons. The molecule has 1 N–H and O–H groups in total. The van der Waals surface area contributed by atoms with E-state index in [2.05, 4.69) is 9.82 Å². The van der Waals surface area contributed by atoms with Crippen LogP contribution in [0.2, 0.25) is 0 Å². The average Bonchev–Trinajstić information content (AvgIpc) is 3.18. The Morgan fingerprint density at radius 2 is 1.87 bits per heavy atom. The first-order chi connectivity index (χ1) is 14.8. The SMILES string of the molecule is CCCC(=O)N1N=C(c2ccc(NS(C)(=O)=O)cc2)CC1c1cc(OC)ccc1OC. The van der Waals surface area contributed by atoms with Crippen LogP contribution in [0.15, 0.2) is 47.6 Å². The van der Waals surface area contributed by atoms with Gasteiger partial charge in [-0.1, -0.05) is 19.1 Å². The lowest BCUT2D eigenvalue weighted by Gasteiger charge is -2.24.